The van der Waals surface area contributed by atoms with E-state index >= 15 is 0 Å². The molecule has 0 spiro atoms. The highest BCUT2D eigenvalue weighted by molar-refractivity contribution is 7.92. The average molecular weight is 383 g/mol. The lowest BCUT2D eigenvalue weighted by molar-refractivity contribution is -0.136. The maximum atomic E-state index is 12.5. The Bertz CT molecular complexity index is 732. The standard InChI is InChI=1S/C18H23ClN2O3S/c19-17-7-5-15(6-8-17)9-14-25(23,24)21-12-10-20(11-13-21)18(22)16-3-1-2-4-16/h5-9,14,16H,1-4,10-13H2/b14-9+. The summed E-state index contributed by atoms with van der Waals surface area (Å²) in [6.07, 6.45) is 5.77. The van der Waals surface area contributed by atoms with Crippen LogP contribution in [0.25, 0.3) is 6.08 Å². The number of sulfonamides is 1. The van der Waals surface area contributed by atoms with E-state index in [4.69, 9.17) is 11.6 Å². The Morgan fingerprint density at radius 1 is 1.04 bits per heavy atom. The van der Waals surface area contributed by atoms with Crippen LogP contribution in [0.3, 0.4) is 0 Å². The zero-order valence-corrected chi connectivity index (χ0v) is 15.7. The van der Waals surface area contributed by atoms with Gasteiger partial charge in [-0.3, -0.25) is 4.79 Å². The summed E-state index contributed by atoms with van der Waals surface area (Å²) in [5, 5.41) is 1.84. The first kappa shape index (κ1) is 18.4. The van der Waals surface area contributed by atoms with E-state index in [-0.39, 0.29) is 11.8 Å². The van der Waals surface area contributed by atoms with Crippen molar-refractivity contribution >= 4 is 33.6 Å². The summed E-state index contributed by atoms with van der Waals surface area (Å²) >= 11 is 5.83. The molecule has 1 aliphatic heterocycles. The molecule has 2 aliphatic rings. The molecule has 1 aromatic carbocycles. The zero-order valence-electron chi connectivity index (χ0n) is 14.1. The molecule has 1 heterocycles. The largest absolute Gasteiger partial charge is 0.340 e. The minimum atomic E-state index is -3.48. The lowest BCUT2D eigenvalue weighted by atomic mass is 10.1. The fourth-order valence-corrected chi connectivity index (χ4v) is 4.72. The Labute approximate surface area is 154 Å². The van der Waals surface area contributed by atoms with Crippen molar-refractivity contribution < 1.29 is 13.2 Å². The molecule has 0 aromatic heterocycles. The lowest BCUT2D eigenvalue weighted by Crippen LogP contribution is -2.51. The van der Waals surface area contributed by atoms with E-state index in [1.807, 2.05) is 4.90 Å². The molecule has 0 bridgehead atoms. The molecule has 0 radical (unpaired) electrons. The van der Waals surface area contributed by atoms with E-state index in [0.717, 1.165) is 31.2 Å². The molecule has 3 rings (SSSR count). The Morgan fingerprint density at radius 2 is 1.64 bits per heavy atom. The van der Waals surface area contributed by atoms with Crippen LogP contribution in [0.4, 0.5) is 0 Å². The number of hydrogen-bond acceptors (Lipinski definition) is 3. The number of carbonyl (C=O) groups is 1. The summed E-state index contributed by atoms with van der Waals surface area (Å²) in [4.78, 5) is 14.3. The second kappa shape index (κ2) is 7.89. The molecule has 0 N–H and O–H groups in total. The number of piperazine rings is 1. The third-order valence-corrected chi connectivity index (χ3v) is 6.73. The van der Waals surface area contributed by atoms with Crippen LogP contribution < -0.4 is 0 Å². The molecule has 1 aliphatic carbocycles. The highest BCUT2D eigenvalue weighted by Gasteiger charge is 2.31. The van der Waals surface area contributed by atoms with Crippen LogP contribution in [0.1, 0.15) is 31.2 Å². The van der Waals surface area contributed by atoms with Crippen LogP contribution in [-0.2, 0) is 14.8 Å². The van der Waals surface area contributed by atoms with Crippen molar-refractivity contribution in [2.45, 2.75) is 25.7 Å². The Balaban J connectivity index is 1.57. The first-order valence-corrected chi connectivity index (χ1v) is 10.6. The van der Waals surface area contributed by atoms with E-state index < -0.39 is 10.0 Å². The topological polar surface area (TPSA) is 57.7 Å². The van der Waals surface area contributed by atoms with Gasteiger partial charge in [-0.2, -0.15) is 4.31 Å². The number of benzene rings is 1. The van der Waals surface area contributed by atoms with Crippen molar-refractivity contribution in [1.82, 2.24) is 9.21 Å². The SMILES string of the molecule is O=C(C1CCCC1)N1CCN(S(=O)(=O)/C=C/c2ccc(Cl)cc2)CC1. The van der Waals surface area contributed by atoms with Crippen LogP contribution in [0.15, 0.2) is 29.7 Å². The zero-order chi connectivity index (χ0) is 17.9. The second-order valence-electron chi connectivity index (χ2n) is 6.60. The quantitative estimate of drug-likeness (QED) is 0.804. The van der Waals surface area contributed by atoms with Crippen molar-refractivity contribution in [2.75, 3.05) is 26.2 Å². The molecule has 0 atom stereocenters. The van der Waals surface area contributed by atoms with Gasteiger partial charge in [-0.25, -0.2) is 8.42 Å². The summed E-state index contributed by atoms with van der Waals surface area (Å²) in [5.74, 6) is 0.346. The summed E-state index contributed by atoms with van der Waals surface area (Å²) in [7, 11) is -3.48. The van der Waals surface area contributed by atoms with Gasteiger partial charge < -0.3 is 4.90 Å². The Kier molecular flexibility index (Phi) is 5.81. The van der Waals surface area contributed by atoms with Gasteiger partial charge in [0.05, 0.1) is 0 Å². The number of amides is 1. The molecule has 1 saturated heterocycles. The molecule has 2 fully saturated rings. The summed E-state index contributed by atoms with van der Waals surface area (Å²) in [5.41, 5.74) is 0.781. The normalized spacial score (nSPS) is 20.4. The van der Waals surface area contributed by atoms with Crippen LogP contribution in [-0.4, -0.2) is 49.7 Å². The van der Waals surface area contributed by atoms with Crippen molar-refractivity contribution in [2.24, 2.45) is 5.92 Å². The van der Waals surface area contributed by atoms with Gasteiger partial charge in [0, 0.05) is 42.5 Å². The van der Waals surface area contributed by atoms with E-state index in [0.29, 0.717) is 31.2 Å². The van der Waals surface area contributed by atoms with Gasteiger partial charge in [-0.05, 0) is 36.6 Å². The number of hydrogen-bond donors (Lipinski definition) is 0. The molecular formula is C18H23ClN2O3S. The summed E-state index contributed by atoms with van der Waals surface area (Å²) in [6.45, 7) is 1.66. The van der Waals surface area contributed by atoms with Gasteiger partial charge in [0.1, 0.15) is 0 Å². The molecule has 5 nitrogen and oxygen atoms in total. The molecule has 7 heteroatoms. The van der Waals surface area contributed by atoms with Gasteiger partial charge in [0.15, 0.2) is 0 Å². The minimum Gasteiger partial charge on any atom is -0.340 e. The first-order chi connectivity index (χ1) is 12.0. The number of nitrogens with zero attached hydrogens (tertiary/aromatic N) is 2. The predicted octanol–water partition coefficient (Wildman–Crippen LogP) is 2.97. The molecule has 136 valence electrons. The van der Waals surface area contributed by atoms with Crippen LogP contribution >= 0.6 is 11.6 Å². The van der Waals surface area contributed by atoms with Crippen LogP contribution in [0, 0.1) is 5.92 Å². The number of halogens is 1. The van der Waals surface area contributed by atoms with E-state index in [1.54, 1.807) is 30.3 Å². The maximum absolute atomic E-state index is 12.5. The summed E-state index contributed by atoms with van der Waals surface area (Å²) < 4.78 is 26.4. The molecule has 0 unspecified atom stereocenters. The number of rotatable bonds is 4. The van der Waals surface area contributed by atoms with E-state index in [2.05, 4.69) is 0 Å². The van der Waals surface area contributed by atoms with E-state index in [1.165, 1.54) is 9.71 Å². The van der Waals surface area contributed by atoms with Gasteiger partial charge in [-0.1, -0.05) is 36.6 Å². The summed E-state index contributed by atoms with van der Waals surface area (Å²) in [6, 6.07) is 6.99. The van der Waals surface area contributed by atoms with Crippen molar-refractivity contribution in [1.29, 1.82) is 0 Å². The minimum absolute atomic E-state index is 0.146. The fraction of sp³-hybridized carbons (Fsp3) is 0.500. The fourth-order valence-electron chi connectivity index (χ4n) is 3.42. The Morgan fingerprint density at radius 3 is 2.24 bits per heavy atom. The highest BCUT2D eigenvalue weighted by atomic mass is 35.5. The van der Waals surface area contributed by atoms with E-state index in [9.17, 15) is 13.2 Å². The third kappa shape index (κ3) is 4.63. The second-order valence-corrected chi connectivity index (χ2v) is 8.86. The lowest BCUT2D eigenvalue weighted by Gasteiger charge is -2.34. The van der Waals surface area contributed by atoms with Gasteiger partial charge >= 0.3 is 0 Å². The first-order valence-electron chi connectivity index (χ1n) is 8.68. The van der Waals surface area contributed by atoms with Gasteiger partial charge in [0.2, 0.25) is 15.9 Å². The average Bonchev–Trinajstić information content (AvgIpc) is 3.15. The smallest absolute Gasteiger partial charge is 0.236 e. The van der Waals surface area contributed by atoms with Crippen molar-refractivity contribution in [3.8, 4) is 0 Å². The van der Waals surface area contributed by atoms with Crippen LogP contribution in [0.5, 0.6) is 0 Å². The maximum Gasteiger partial charge on any atom is 0.236 e. The Hall–Kier alpha value is -1.37. The van der Waals surface area contributed by atoms with Gasteiger partial charge in [-0.15, -0.1) is 0 Å². The highest BCUT2D eigenvalue weighted by Crippen LogP contribution is 2.27. The predicted molar refractivity (Wildman–Crippen MR) is 99.5 cm³/mol. The van der Waals surface area contributed by atoms with Crippen molar-refractivity contribution in [3.63, 3.8) is 0 Å². The third-order valence-electron chi connectivity index (χ3n) is 4.92. The molecular weight excluding hydrogens is 360 g/mol. The molecule has 1 amide bonds. The van der Waals surface area contributed by atoms with Crippen LogP contribution in [0.2, 0.25) is 5.02 Å². The monoisotopic (exact) mass is 382 g/mol. The van der Waals surface area contributed by atoms with Gasteiger partial charge in [0.25, 0.3) is 0 Å². The molecule has 1 aromatic rings. The van der Waals surface area contributed by atoms with Crippen molar-refractivity contribution in [3.05, 3.63) is 40.3 Å². The number of carbonyl (C=O) groups excluding carboxylic acids is 1. The molecule has 1 saturated carbocycles. The molecule has 25 heavy (non-hydrogen) atoms.